The Morgan fingerprint density at radius 2 is 1.93 bits per heavy atom. The van der Waals surface area contributed by atoms with E-state index in [4.69, 9.17) is 0 Å². The fourth-order valence-corrected chi connectivity index (χ4v) is 3.31. The van der Waals surface area contributed by atoms with E-state index in [0.717, 1.165) is 32.1 Å². The number of hydrogen-bond acceptors (Lipinski definition) is 4. The van der Waals surface area contributed by atoms with E-state index in [1.807, 2.05) is 29.1 Å². The molecule has 1 saturated heterocycles. The number of H-pyrrole nitrogens is 1. The van der Waals surface area contributed by atoms with Crippen molar-refractivity contribution in [1.82, 2.24) is 24.6 Å². The quantitative estimate of drug-likeness (QED) is 0.745. The summed E-state index contributed by atoms with van der Waals surface area (Å²) in [6.07, 6.45) is -0.966. The van der Waals surface area contributed by atoms with Crippen LogP contribution in [0.1, 0.15) is 22.9 Å². The maximum absolute atomic E-state index is 13.1. The van der Waals surface area contributed by atoms with Crippen LogP contribution in [0.3, 0.4) is 0 Å². The van der Waals surface area contributed by atoms with Gasteiger partial charge in [0.2, 0.25) is 0 Å². The minimum atomic E-state index is -4.67. The number of benzene rings is 1. The van der Waals surface area contributed by atoms with Crippen LogP contribution in [-0.2, 0) is 12.7 Å². The lowest BCUT2D eigenvalue weighted by Gasteiger charge is -2.39. The fraction of sp³-hybridized carbons (Fsp3) is 0.316. The molecule has 0 bridgehead atoms. The molecule has 1 aromatic carbocycles. The number of alkyl halides is 3. The van der Waals surface area contributed by atoms with E-state index in [1.165, 1.54) is 0 Å². The van der Waals surface area contributed by atoms with Crippen LogP contribution in [0.4, 0.5) is 13.2 Å². The van der Waals surface area contributed by atoms with E-state index in [9.17, 15) is 18.0 Å². The van der Waals surface area contributed by atoms with Gasteiger partial charge in [-0.2, -0.15) is 18.3 Å². The highest BCUT2D eigenvalue weighted by Crippen LogP contribution is 2.30. The van der Waals surface area contributed by atoms with Crippen LogP contribution in [0.15, 0.2) is 47.5 Å². The second-order valence-electron chi connectivity index (χ2n) is 6.92. The van der Waals surface area contributed by atoms with Gasteiger partial charge in [0, 0.05) is 43.2 Å². The molecule has 4 rings (SSSR count). The summed E-state index contributed by atoms with van der Waals surface area (Å²) in [5.74, 6) is -0.0860. The van der Waals surface area contributed by atoms with Crippen LogP contribution >= 0.6 is 0 Å². The predicted octanol–water partition coefficient (Wildman–Crippen LogP) is 3.02. The minimum Gasteiger partial charge on any atom is -0.306 e. The van der Waals surface area contributed by atoms with Crippen molar-refractivity contribution < 1.29 is 13.2 Å². The molecule has 1 aliphatic heterocycles. The molecule has 1 aliphatic rings. The van der Waals surface area contributed by atoms with Crippen molar-refractivity contribution in [2.45, 2.75) is 25.7 Å². The zero-order valence-corrected chi connectivity index (χ0v) is 15.1. The van der Waals surface area contributed by atoms with Gasteiger partial charge in [-0.1, -0.05) is 24.3 Å². The smallest absolute Gasteiger partial charge is 0.306 e. The number of hydrogen-bond donors (Lipinski definition) is 1. The molecule has 0 amide bonds. The molecule has 3 heterocycles. The van der Waals surface area contributed by atoms with Crippen LogP contribution in [0.2, 0.25) is 0 Å². The van der Waals surface area contributed by atoms with Gasteiger partial charge < -0.3 is 4.98 Å². The molecule has 1 N–H and O–H groups in total. The number of halogens is 3. The van der Waals surface area contributed by atoms with E-state index in [0.29, 0.717) is 11.6 Å². The van der Waals surface area contributed by atoms with Crippen LogP contribution < -0.4 is 5.56 Å². The Morgan fingerprint density at radius 1 is 1.21 bits per heavy atom. The summed E-state index contributed by atoms with van der Waals surface area (Å²) in [6, 6.07) is 9.29. The first-order valence-electron chi connectivity index (χ1n) is 8.80. The summed E-state index contributed by atoms with van der Waals surface area (Å²) in [5.41, 5.74) is -0.901. The van der Waals surface area contributed by atoms with Gasteiger partial charge in [-0.3, -0.25) is 14.4 Å². The average Bonchev–Trinajstić information content (AvgIpc) is 3.13. The van der Waals surface area contributed by atoms with E-state index in [2.05, 4.69) is 20.0 Å². The highest BCUT2D eigenvalue weighted by Gasteiger charge is 2.36. The molecule has 1 fully saturated rings. The molecule has 146 valence electrons. The molecule has 2 aromatic heterocycles. The molecule has 0 unspecified atom stereocenters. The van der Waals surface area contributed by atoms with Crippen molar-refractivity contribution in [1.29, 1.82) is 0 Å². The Morgan fingerprint density at radius 3 is 2.54 bits per heavy atom. The Kier molecular flexibility index (Phi) is 4.54. The first-order chi connectivity index (χ1) is 13.3. The van der Waals surface area contributed by atoms with Crippen LogP contribution in [-0.4, -0.2) is 37.7 Å². The van der Waals surface area contributed by atoms with Crippen molar-refractivity contribution in [2.75, 3.05) is 13.1 Å². The Balaban J connectivity index is 1.47. The van der Waals surface area contributed by atoms with E-state index in [-0.39, 0.29) is 5.82 Å². The SMILES string of the molecule is Cc1c(C(F)(F)F)nc(-c2ccc(CN3CC(n4cccn4)C3)cc2)[nH]c1=O. The molecule has 0 atom stereocenters. The normalized spacial score (nSPS) is 15.6. The topological polar surface area (TPSA) is 66.8 Å². The average molecular weight is 389 g/mol. The highest BCUT2D eigenvalue weighted by atomic mass is 19.4. The lowest BCUT2D eigenvalue weighted by atomic mass is 10.1. The monoisotopic (exact) mass is 389 g/mol. The van der Waals surface area contributed by atoms with E-state index in [1.54, 1.807) is 18.3 Å². The van der Waals surface area contributed by atoms with Crippen molar-refractivity contribution in [3.05, 3.63) is 69.9 Å². The van der Waals surface area contributed by atoms with Gasteiger partial charge in [0.05, 0.1) is 6.04 Å². The summed E-state index contributed by atoms with van der Waals surface area (Å²) in [6.45, 7) is 3.64. The Bertz CT molecular complexity index is 1020. The van der Waals surface area contributed by atoms with Crippen molar-refractivity contribution in [2.24, 2.45) is 0 Å². The molecule has 6 nitrogen and oxygen atoms in total. The molecule has 0 spiro atoms. The van der Waals surface area contributed by atoms with Gasteiger partial charge in [-0.25, -0.2) is 4.98 Å². The maximum atomic E-state index is 13.1. The summed E-state index contributed by atoms with van der Waals surface area (Å²) in [4.78, 5) is 20.2. The van der Waals surface area contributed by atoms with Gasteiger partial charge in [-0.05, 0) is 18.6 Å². The van der Waals surface area contributed by atoms with Gasteiger partial charge in [0.15, 0.2) is 5.69 Å². The molecular formula is C19H18F3N5O. The zero-order valence-electron chi connectivity index (χ0n) is 15.1. The molecule has 9 heteroatoms. The summed E-state index contributed by atoms with van der Waals surface area (Å²) in [5, 5.41) is 4.24. The molecule has 28 heavy (non-hydrogen) atoms. The van der Waals surface area contributed by atoms with Crippen molar-refractivity contribution >= 4 is 0 Å². The van der Waals surface area contributed by atoms with Crippen molar-refractivity contribution in [3.8, 4) is 11.4 Å². The first kappa shape index (κ1) is 18.4. The fourth-order valence-electron chi connectivity index (χ4n) is 3.31. The standard InChI is InChI=1S/C19H18F3N5O/c1-12-16(19(20,21)22)24-17(25-18(12)28)14-5-3-13(4-6-14)9-26-10-15(11-26)27-8-2-7-23-27/h2-8,15H,9-11H2,1H3,(H,24,25,28). The predicted molar refractivity (Wildman–Crippen MR) is 96.6 cm³/mol. The van der Waals surface area contributed by atoms with Crippen LogP contribution in [0, 0.1) is 6.92 Å². The summed E-state index contributed by atoms with van der Waals surface area (Å²) >= 11 is 0. The molecule has 0 radical (unpaired) electrons. The largest absolute Gasteiger partial charge is 0.433 e. The zero-order chi connectivity index (χ0) is 19.9. The first-order valence-corrected chi connectivity index (χ1v) is 8.80. The summed E-state index contributed by atoms with van der Waals surface area (Å²) in [7, 11) is 0. The molecule has 0 saturated carbocycles. The van der Waals surface area contributed by atoms with Gasteiger partial charge >= 0.3 is 6.18 Å². The minimum absolute atomic E-state index is 0.0860. The van der Waals surface area contributed by atoms with Crippen LogP contribution in [0.5, 0.6) is 0 Å². The van der Waals surface area contributed by atoms with E-state index >= 15 is 0 Å². The number of aromatic nitrogens is 4. The molecule has 3 aromatic rings. The third-order valence-corrected chi connectivity index (χ3v) is 4.89. The lowest BCUT2D eigenvalue weighted by molar-refractivity contribution is -0.141. The maximum Gasteiger partial charge on any atom is 0.433 e. The number of nitrogens with zero attached hydrogens (tertiary/aromatic N) is 4. The second-order valence-corrected chi connectivity index (χ2v) is 6.92. The Labute approximate surface area is 158 Å². The molecule has 0 aliphatic carbocycles. The van der Waals surface area contributed by atoms with E-state index < -0.39 is 23.0 Å². The third-order valence-electron chi connectivity index (χ3n) is 4.89. The van der Waals surface area contributed by atoms with Gasteiger partial charge in [-0.15, -0.1) is 0 Å². The third kappa shape index (κ3) is 3.57. The number of likely N-dealkylation sites (tertiary alicyclic amines) is 1. The number of rotatable bonds is 4. The Hall–Kier alpha value is -2.94. The number of aromatic amines is 1. The molecular weight excluding hydrogens is 371 g/mol. The van der Waals surface area contributed by atoms with Gasteiger partial charge in [0.1, 0.15) is 5.82 Å². The van der Waals surface area contributed by atoms with Crippen LogP contribution in [0.25, 0.3) is 11.4 Å². The highest BCUT2D eigenvalue weighted by molar-refractivity contribution is 5.55. The second kappa shape index (κ2) is 6.90. The van der Waals surface area contributed by atoms with Gasteiger partial charge in [0.25, 0.3) is 5.56 Å². The van der Waals surface area contributed by atoms with Crippen molar-refractivity contribution in [3.63, 3.8) is 0 Å². The number of nitrogens with one attached hydrogen (secondary N) is 1. The summed E-state index contributed by atoms with van der Waals surface area (Å²) < 4.78 is 41.2. The lowest BCUT2D eigenvalue weighted by Crippen LogP contribution is -2.47.